The van der Waals surface area contributed by atoms with Crippen molar-refractivity contribution in [2.75, 3.05) is 0 Å². The summed E-state index contributed by atoms with van der Waals surface area (Å²) in [5.41, 5.74) is 11.2. The van der Waals surface area contributed by atoms with Gasteiger partial charge in [0.05, 0.1) is 0 Å². The second kappa shape index (κ2) is 3.21. The molecule has 1 aromatic rings. The molecule has 0 radical (unpaired) electrons. The standard InChI is InChI=1S/C11H16N2/c1-6-5-10(11(12)13)9(4)8(3)7(6)2/h5H,1-4H3,(H3,12,13). The van der Waals surface area contributed by atoms with E-state index >= 15 is 0 Å². The number of amidine groups is 1. The molecule has 0 aliphatic carbocycles. The van der Waals surface area contributed by atoms with Gasteiger partial charge in [-0.25, -0.2) is 0 Å². The highest BCUT2D eigenvalue weighted by Gasteiger charge is 2.08. The molecule has 0 saturated heterocycles. The van der Waals surface area contributed by atoms with Crippen molar-refractivity contribution in [1.29, 1.82) is 5.41 Å². The van der Waals surface area contributed by atoms with Crippen molar-refractivity contribution in [2.24, 2.45) is 5.73 Å². The molecule has 0 bridgehead atoms. The molecule has 3 N–H and O–H groups in total. The van der Waals surface area contributed by atoms with Crippen LogP contribution in [0, 0.1) is 33.1 Å². The molecule has 0 unspecified atom stereocenters. The maximum Gasteiger partial charge on any atom is 0.123 e. The molecule has 1 aromatic carbocycles. The van der Waals surface area contributed by atoms with Crippen LogP contribution in [-0.4, -0.2) is 5.84 Å². The Balaban J connectivity index is 3.50. The minimum absolute atomic E-state index is 0.156. The Morgan fingerprint density at radius 2 is 1.62 bits per heavy atom. The zero-order valence-corrected chi connectivity index (χ0v) is 8.65. The van der Waals surface area contributed by atoms with Gasteiger partial charge in [0.15, 0.2) is 0 Å². The summed E-state index contributed by atoms with van der Waals surface area (Å²) in [6.07, 6.45) is 0. The third-order valence-electron chi connectivity index (χ3n) is 2.77. The van der Waals surface area contributed by atoms with E-state index in [1.54, 1.807) is 0 Å². The van der Waals surface area contributed by atoms with Gasteiger partial charge in [-0.05, 0) is 56.0 Å². The summed E-state index contributed by atoms with van der Waals surface area (Å²) in [6.45, 7) is 8.23. The van der Waals surface area contributed by atoms with Crippen LogP contribution in [0.5, 0.6) is 0 Å². The highest BCUT2D eigenvalue weighted by molar-refractivity contribution is 5.97. The average molecular weight is 176 g/mol. The molecule has 0 atom stereocenters. The topological polar surface area (TPSA) is 49.9 Å². The molecule has 13 heavy (non-hydrogen) atoms. The third-order valence-corrected chi connectivity index (χ3v) is 2.77. The van der Waals surface area contributed by atoms with Gasteiger partial charge in [-0.3, -0.25) is 5.41 Å². The van der Waals surface area contributed by atoms with Crippen molar-refractivity contribution in [2.45, 2.75) is 27.7 Å². The highest BCUT2D eigenvalue weighted by atomic mass is 14.7. The van der Waals surface area contributed by atoms with E-state index in [-0.39, 0.29) is 5.84 Å². The molecule has 2 heteroatoms. The number of hydrogen-bond acceptors (Lipinski definition) is 1. The van der Waals surface area contributed by atoms with Crippen LogP contribution in [0.4, 0.5) is 0 Å². The zero-order valence-electron chi connectivity index (χ0n) is 8.65. The summed E-state index contributed by atoms with van der Waals surface area (Å²) in [7, 11) is 0. The van der Waals surface area contributed by atoms with Gasteiger partial charge >= 0.3 is 0 Å². The van der Waals surface area contributed by atoms with Crippen LogP contribution in [0.3, 0.4) is 0 Å². The molecule has 0 aliphatic rings. The Bertz CT molecular complexity index is 365. The van der Waals surface area contributed by atoms with Crippen molar-refractivity contribution in [3.8, 4) is 0 Å². The van der Waals surface area contributed by atoms with Crippen LogP contribution >= 0.6 is 0 Å². The summed E-state index contributed by atoms with van der Waals surface area (Å²) < 4.78 is 0. The van der Waals surface area contributed by atoms with E-state index < -0.39 is 0 Å². The number of benzene rings is 1. The fourth-order valence-corrected chi connectivity index (χ4v) is 1.49. The molecule has 0 aromatic heterocycles. The van der Waals surface area contributed by atoms with Crippen LogP contribution < -0.4 is 5.73 Å². The number of nitrogens with one attached hydrogen (secondary N) is 1. The Kier molecular flexibility index (Phi) is 2.41. The average Bonchev–Trinajstić information content (AvgIpc) is 2.07. The second-order valence-electron chi connectivity index (χ2n) is 3.53. The lowest BCUT2D eigenvalue weighted by molar-refractivity contribution is 1.20. The van der Waals surface area contributed by atoms with E-state index in [9.17, 15) is 0 Å². The first kappa shape index (κ1) is 9.78. The van der Waals surface area contributed by atoms with Crippen molar-refractivity contribution in [1.82, 2.24) is 0 Å². The summed E-state index contributed by atoms with van der Waals surface area (Å²) in [5.74, 6) is 0.156. The molecular weight excluding hydrogens is 160 g/mol. The van der Waals surface area contributed by atoms with E-state index in [1.807, 2.05) is 19.9 Å². The van der Waals surface area contributed by atoms with Crippen molar-refractivity contribution in [3.05, 3.63) is 33.9 Å². The van der Waals surface area contributed by atoms with Gasteiger partial charge < -0.3 is 5.73 Å². The Morgan fingerprint density at radius 3 is 2.08 bits per heavy atom. The predicted octanol–water partition coefficient (Wildman–Crippen LogP) is 2.20. The van der Waals surface area contributed by atoms with Crippen LogP contribution in [0.1, 0.15) is 27.8 Å². The number of rotatable bonds is 1. The normalized spacial score (nSPS) is 10.2. The Morgan fingerprint density at radius 1 is 1.08 bits per heavy atom. The Labute approximate surface area is 79.3 Å². The van der Waals surface area contributed by atoms with E-state index in [4.69, 9.17) is 11.1 Å². The number of hydrogen-bond donors (Lipinski definition) is 2. The van der Waals surface area contributed by atoms with Crippen LogP contribution in [0.25, 0.3) is 0 Å². The molecular formula is C11H16N2. The first-order valence-corrected chi connectivity index (χ1v) is 4.37. The minimum atomic E-state index is 0.156. The van der Waals surface area contributed by atoms with Gasteiger partial charge in [0.25, 0.3) is 0 Å². The number of aryl methyl sites for hydroxylation is 1. The number of nitrogens with two attached hydrogens (primary N) is 1. The second-order valence-corrected chi connectivity index (χ2v) is 3.53. The molecule has 1 rings (SSSR count). The fourth-order valence-electron chi connectivity index (χ4n) is 1.49. The first-order valence-electron chi connectivity index (χ1n) is 4.37. The maximum absolute atomic E-state index is 7.42. The van der Waals surface area contributed by atoms with Crippen LogP contribution in [0.15, 0.2) is 6.07 Å². The number of nitrogen functional groups attached to an aromatic ring is 1. The molecule has 0 aliphatic heterocycles. The molecule has 70 valence electrons. The lowest BCUT2D eigenvalue weighted by Crippen LogP contribution is -2.14. The van der Waals surface area contributed by atoms with Crippen LogP contribution in [0.2, 0.25) is 0 Å². The van der Waals surface area contributed by atoms with Crippen molar-refractivity contribution >= 4 is 5.84 Å². The van der Waals surface area contributed by atoms with Gasteiger partial charge in [-0.1, -0.05) is 0 Å². The van der Waals surface area contributed by atoms with Crippen molar-refractivity contribution < 1.29 is 0 Å². The smallest absolute Gasteiger partial charge is 0.123 e. The SMILES string of the molecule is Cc1cc(C(=N)N)c(C)c(C)c1C. The summed E-state index contributed by atoms with van der Waals surface area (Å²) in [6, 6.07) is 1.99. The summed E-state index contributed by atoms with van der Waals surface area (Å²) in [5, 5.41) is 7.42. The zero-order chi connectivity index (χ0) is 10.2. The summed E-state index contributed by atoms with van der Waals surface area (Å²) in [4.78, 5) is 0. The molecule has 0 heterocycles. The van der Waals surface area contributed by atoms with Gasteiger partial charge in [0.2, 0.25) is 0 Å². The minimum Gasteiger partial charge on any atom is -0.384 e. The monoisotopic (exact) mass is 176 g/mol. The van der Waals surface area contributed by atoms with Gasteiger partial charge in [0, 0.05) is 5.56 Å². The van der Waals surface area contributed by atoms with E-state index in [0.29, 0.717) is 0 Å². The third kappa shape index (κ3) is 1.57. The largest absolute Gasteiger partial charge is 0.384 e. The highest BCUT2D eigenvalue weighted by Crippen LogP contribution is 2.20. The van der Waals surface area contributed by atoms with E-state index in [1.165, 1.54) is 16.7 Å². The molecule has 0 saturated carbocycles. The Hall–Kier alpha value is -1.31. The molecule has 0 fully saturated rings. The van der Waals surface area contributed by atoms with Gasteiger partial charge in [0.1, 0.15) is 5.84 Å². The predicted molar refractivity (Wildman–Crippen MR) is 56.4 cm³/mol. The lowest BCUT2D eigenvalue weighted by Gasteiger charge is -2.12. The molecule has 0 amide bonds. The summed E-state index contributed by atoms with van der Waals surface area (Å²) >= 11 is 0. The fraction of sp³-hybridized carbons (Fsp3) is 0.364. The van der Waals surface area contributed by atoms with Gasteiger partial charge in [-0.15, -0.1) is 0 Å². The van der Waals surface area contributed by atoms with Gasteiger partial charge in [-0.2, -0.15) is 0 Å². The quantitative estimate of drug-likeness (QED) is 0.500. The molecule has 0 spiro atoms. The van der Waals surface area contributed by atoms with E-state index in [0.717, 1.165) is 11.1 Å². The maximum atomic E-state index is 7.42. The molecule has 2 nitrogen and oxygen atoms in total. The first-order chi connectivity index (χ1) is 5.95. The van der Waals surface area contributed by atoms with Crippen LogP contribution in [-0.2, 0) is 0 Å². The van der Waals surface area contributed by atoms with E-state index in [2.05, 4.69) is 13.8 Å². The van der Waals surface area contributed by atoms with Crippen molar-refractivity contribution in [3.63, 3.8) is 0 Å². The lowest BCUT2D eigenvalue weighted by atomic mass is 9.94.